The summed E-state index contributed by atoms with van der Waals surface area (Å²) in [5.74, 6) is 0.798. The van der Waals surface area contributed by atoms with E-state index < -0.39 is 0 Å². The van der Waals surface area contributed by atoms with E-state index in [2.05, 4.69) is 20.5 Å². The highest BCUT2D eigenvalue weighted by Gasteiger charge is 2.30. The van der Waals surface area contributed by atoms with Crippen LogP contribution in [0, 0.1) is 0 Å². The predicted octanol–water partition coefficient (Wildman–Crippen LogP) is 3.43. The van der Waals surface area contributed by atoms with Crippen LogP contribution in [-0.4, -0.2) is 47.5 Å². The van der Waals surface area contributed by atoms with Crippen molar-refractivity contribution in [2.45, 2.75) is 70.4 Å². The molecule has 0 unspecified atom stereocenters. The topological polar surface area (TPSA) is 57.3 Å². The number of amides is 1. The molecule has 25 heavy (non-hydrogen) atoms. The summed E-state index contributed by atoms with van der Waals surface area (Å²) < 4.78 is 0. The SMILES string of the molecule is CCNC(=O)c1ccc(NCC[C@@H]2CCCCN2C2CCCC2)nc1. The molecule has 1 aliphatic carbocycles. The monoisotopic (exact) mass is 344 g/mol. The molecule has 0 bridgehead atoms. The average Bonchev–Trinajstić information content (AvgIpc) is 3.17. The van der Waals surface area contributed by atoms with E-state index in [-0.39, 0.29) is 5.91 Å². The van der Waals surface area contributed by atoms with Crippen LogP contribution in [0.15, 0.2) is 18.3 Å². The minimum atomic E-state index is -0.0593. The molecule has 0 spiro atoms. The van der Waals surface area contributed by atoms with Gasteiger partial charge in [0.1, 0.15) is 5.82 Å². The van der Waals surface area contributed by atoms with Gasteiger partial charge in [-0.3, -0.25) is 9.69 Å². The third-order valence-corrected chi connectivity index (χ3v) is 5.61. The van der Waals surface area contributed by atoms with Gasteiger partial charge in [-0.1, -0.05) is 19.3 Å². The number of nitrogens with zero attached hydrogens (tertiary/aromatic N) is 2. The molecule has 0 radical (unpaired) electrons. The number of nitrogens with one attached hydrogen (secondary N) is 2. The van der Waals surface area contributed by atoms with E-state index >= 15 is 0 Å². The molecular weight excluding hydrogens is 312 g/mol. The quantitative estimate of drug-likeness (QED) is 0.796. The van der Waals surface area contributed by atoms with E-state index in [0.29, 0.717) is 12.1 Å². The van der Waals surface area contributed by atoms with Gasteiger partial charge in [-0.15, -0.1) is 0 Å². The van der Waals surface area contributed by atoms with Crippen LogP contribution in [0.1, 0.15) is 68.6 Å². The zero-order chi connectivity index (χ0) is 17.5. The highest BCUT2D eigenvalue weighted by atomic mass is 16.1. The van der Waals surface area contributed by atoms with Crippen molar-refractivity contribution in [2.75, 3.05) is 25.0 Å². The maximum Gasteiger partial charge on any atom is 0.252 e. The van der Waals surface area contributed by atoms with E-state index in [9.17, 15) is 4.79 Å². The summed E-state index contributed by atoms with van der Waals surface area (Å²) in [5, 5.41) is 6.23. The number of likely N-dealkylation sites (tertiary alicyclic amines) is 1. The first kappa shape index (κ1) is 18.2. The third kappa shape index (κ3) is 4.94. The number of carbonyl (C=O) groups is 1. The van der Waals surface area contributed by atoms with Gasteiger partial charge < -0.3 is 10.6 Å². The highest BCUT2D eigenvalue weighted by Crippen LogP contribution is 2.30. The van der Waals surface area contributed by atoms with Gasteiger partial charge in [-0.25, -0.2) is 4.98 Å². The van der Waals surface area contributed by atoms with Crippen molar-refractivity contribution in [1.82, 2.24) is 15.2 Å². The van der Waals surface area contributed by atoms with Crippen LogP contribution in [0.25, 0.3) is 0 Å². The lowest BCUT2D eigenvalue weighted by Crippen LogP contribution is -2.45. The van der Waals surface area contributed by atoms with E-state index in [1.165, 1.54) is 57.9 Å². The average molecular weight is 345 g/mol. The lowest BCUT2D eigenvalue weighted by molar-refractivity contribution is 0.0933. The van der Waals surface area contributed by atoms with Crippen LogP contribution in [0.4, 0.5) is 5.82 Å². The Hall–Kier alpha value is -1.62. The Morgan fingerprint density at radius 2 is 2.00 bits per heavy atom. The van der Waals surface area contributed by atoms with Crippen molar-refractivity contribution in [3.63, 3.8) is 0 Å². The van der Waals surface area contributed by atoms with E-state index in [1.54, 1.807) is 6.20 Å². The van der Waals surface area contributed by atoms with Crippen LogP contribution < -0.4 is 10.6 Å². The maximum absolute atomic E-state index is 11.8. The number of piperidine rings is 1. The molecule has 0 aromatic carbocycles. The fraction of sp³-hybridized carbons (Fsp3) is 0.700. The molecule has 138 valence electrons. The van der Waals surface area contributed by atoms with Crippen molar-refractivity contribution < 1.29 is 4.79 Å². The summed E-state index contributed by atoms with van der Waals surface area (Å²) in [6.45, 7) is 4.79. The van der Waals surface area contributed by atoms with Crippen molar-refractivity contribution in [3.8, 4) is 0 Å². The Morgan fingerprint density at radius 3 is 2.72 bits per heavy atom. The van der Waals surface area contributed by atoms with Gasteiger partial charge in [-0.2, -0.15) is 0 Å². The summed E-state index contributed by atoms with van der Waals surface area (Å²) in [4.78, 5) is 18.9. The fourth-order valence-corrected chi connectivity index (χ4v) is 4.31. The smallest absolute Gasteiger partial charge is 0.252 e. The Morgan fingerprint density at radius 1 is 1.20 bits per heavy atom. The molecule has 1 saturated heterocycles. The molecule has 2 N–H and O–H groups in total. The summed E-state index contributed by atoms with van der Waals surface area (Å²) >= 11 is 0. The minimum absolute atomic E-state index is 0.0593. The second-order valence-electron chi connectivity index (χ2n) is 7.33. The third-order valence-electron chi connectivity index (χ3n) is 5.61. The Bertz CT molecular complexity index is 539. The first-order valence-corrected chi connectivity index (χ1v) is 10.0. The zero-order valence-corrected chi connectivity index (χ0v) is 15.5. The minimum Gasteiger partial charge on any atom is -0.370 e. The predicted molar refractivity (Wildman–Crippen MR) is 102 cm³/mol. The molecule has 5 heteroatoms. The maximum atomic E-state index is 11.8. The molecule has 1 atom stereocenters. The Labute approximate surface area is 151 Å². The van der Waals surface area contributed by atoms with Crippen LogP contribution in [0.2, 0.25) is 0 Å². The highest BCUT2D eigenvalue weighted by molar-refractivity contribution is 5.93. The lowest BCUT2D eigenvalue weighted by atomic mass is 9.96. The number of anilines is 1. The second-order valence-corrected chi connectivity index (χ2v) is 7.33. The van der Waals surface area contributed by atoms with Crippen LogP contribution in [-0.2, 0) is 0 Å². The summed E-state index contributed by atoms with van der Waals surface area (Å²) in [6, 6.07) is 5.30. The van der Waals surface area contributed by atoms with Gasteiger partial charge in [0.05, 0.1) is 5.56 Å². The molecule has 1 aromatic rings. The van der Waals surface area contributed by atoms with Gasteiger partial charge in [0, 0.05) is 31.4 Å². The number of carbonyl (C=O) groups excluding carboxylic acids is 1. The summed E-state index contributed by atoms with van der Waals surface area (Å²) in [6.07, 6.45) is 12.5. The number of rotatable bonds is 7. The number of hydrogen-bond donors (Lipinski definition) is 2. The standard InChI is InChI=1S/C20H32N4O/c1-2-21-20(25)16-10-11-19(23-15-16)22-13-12-18-9-5-6-14-24(18)17-7-3-4-8-17/h10-11,15,17-18H,2-9,12-14H2,1H3,(H,21,25)(H,22,23)/t18-/m0/s1. The first-order valence-electron chi connectivity index (χ1n) is 10.0. The van der Waals surface area contributed by atoms with Crippen LogP contribution in [0.3, 0.4) is 0 Å². The van der Waals surface area contributed by atoms with E-state index in [1.807, 2.05) is 19.1 Å². The molecule has 1 amide bonds. The zero-order valence-electron chi connectivity index (χ0n) is 15.5. The fourth-order valence-electron chi connectivity index (χ4n) is 4.31. The van der Waals surface area contributed by atoms with Gasteiger partial charge in [-0.05, 0) is 57.7 Å². The molecular formula is C20H32N4O. The van der Waals surface area contributed by atoms with Gasteiger partial charge in [0.2, 0.25) is 0 Å². The molecule has 2 aliphatic rings. The molecule has 3 rings (SSSR count). The molecule has 1 saturated carbocycles. The molecule has 2 fully saturated rings. The van der Waals surface area contributed by atoms with Crippen molar-refractivity contribution in [1.29, 1.82) is 0 Å². The van der Waals surface area contributed by atoms with Gasteiger partial charge in [0.15, 0.2) is 0 Å². The van der Waals surface area contributed by atoms with Crippen LogP contribution >= 0.6 is 0 Å². The Kier molecular flexibility index (Phi) is 6.68. The van der Waals surface area contributed by atoms with Crippen molar-refractivity contribution in [2.24, 2.45) is 0 Å². The largest absolute Gasteiger partial charge is 0.370 e. The lowest BCUT2D eigenvalue weighted by Gasteiger charge is -2.40. The number of hydrogen-bond acceptors (Lipinski definition) is 4. The van der Waals surface area contributed by atoms with E-state index in [0.717, 1.165) is 24.4 Å². The number of aromatic nitrogens is 1. The normalized spacial score (nSPS) is 22.0. The second kappa shape index (κ2) is 9.18. The van der Waals surface area contributed by atoms with Crippen molar-refractivity contribution >= 4 is 11.7 Å². The molecule has 1 aromatic heterocycles. The summed E-state index contributed by atoms with van der Waals surface area (Å²) in [7, 11) is 0. The van der Waals surface area contributed by atoms with Crippen LogP contribution in [0.5, 0.6) is 0 Å². The van der Waals surface area contributed by atoms with Gasteiger partial charge in [0.25, 0.3) is 5.91 Å². The molecule has 1 aliphatic heterocycles. The molecule has 2 heterocycles. The van der Waals surface area contributed by atoms with Crippen molar-refractivity contribution in [3.05, 3.63) is 23.9 Å². The Balaban J connectivity index is 1.47. The first-order chi connectivity index (χ1) is 12.3. The molecule has 5 nitrogen and oxygen atoms in total. The number of pyridine rings is 1. The van der Waals surface area contributed by atoms with E-state index in [4.69, 9.17) is 0 Å². The summed E-state index contributed by atoms with van der Waals surface area (Å²) in [5.41, 5.74) is 0.618. The van der Waals surface area contributed by atoms with Gasteiger partial charge >= 0.3 is 0 Å².